The average Bonchev–Trinajstić information content (AvgIpc) is 3.27. The minimum absolute atomic E-state index is 0.0366. The summed E-state index contributed by atoms with van der Waals surface area (Å²) in [5, 5.41) is 121. The summed E-state index contributed by atoms with van der Waals surface area (Å²) in [7, 11) is 0. The van der Waals surface area contributed by atoms with Gasteiger partial charge in [-0.15, -0.1) is 0 Å². The fourth-order valence-electron chi connectivity index (χ4n) is 8.35. The Balaban J connectivity index is 1.92. The van der Waals surface area contributed by atoms with Crippen molar-refractivity contribution in [1.82, 2.24) is 5.32 Å². The molecule has 3 rings (SSSR count). The number of aliphatic hydroxyl groups is 10. The quantitative estimate of drug-likeness (QED) is 0.133. The molecule has 19 atom stereocenters. The highest BCUT2D eigenvalue weighted by molar-refractivity contribution is 5.80. The maximum Gasteiger partial charge on any atom is 0.308 e. The lowest BCUT2D eigenvalue weighted by molar-refractivity contribution is -0.307. The first-order chi connectivity index (χ1) is 32.7. The summed E-state index contributed by atoms with van der Waals surface area (Å²) < 4.78 is 23.6. The number of nitrogens with one attached hydrogen (secondary N) is 1. The average molecular weight is 976 g/mol. The van der Waals surface area contributed by atoms with E-state index in [0.29, 0.717) is 0 Å². The van der Waals surface area contributed by atoms with E-state index in [9.17, 15) is 60.7 Å². The molecule has 19 heteroatoms. The molecule has 2 bridgehead atoms. The number of carbonyl (C=O) groups is 2. The highest BCUT2D eigenvalue weighted by Crippen LogP contribution is 2.38. The zero-order valence-electron chi connectivity index (χ0n) is 40.0. The minimum Gasteiger partial charge on any atom is -0.462 e. The van der Waals surface area contributed by atoms with Crippen molar-refractivity contribution in [3.8, 4) is 6.07 Å². The molecule has 388 valence electrons. The van der Waals surface area contributed by atoms with Crippen molar-refractivity contribution in [3.63, 3.8) is 0 Å². The number of nitriles is 1. The Kier molecular flexibility index (Phi) is 25.9. The summed E-state index contributed by atoms with van der Waals surface area (Å²) in [6.07, 6.45) is 4.06. The van der Waals surface area contributed by atoms with E-state index in [0.717, 1.165) is 0 Å². The number of cyclic esters (lactones) is 1. The number of allylic oxidation sites excluding steroid dienone is 12. The summed E-state index contributed by atoms with van der Waals surface area (Å²) >= 11 is 0. The molecule has 2 fully saturated rings. The predicted molar refractivity (Wildman–Crippen MR) is 253 cm³/mol. The second-order valence-corrected chi connectivity index (χ2v) is 18.4. The SMILES string of the molecule is C[C@@H]1[C@H](O)[C@@H](C)/C=C/C=C/C=C/C=C/C=C/C=C/C=C/[C@H](O[C@@H]2O[C@H](C)[C@@H](O)[C@H](N)[C@H]2O)C[C@@H]2O[C@](O)(C[C@@H](O)C[C@@H](O)[C@H](O)CC[C@@H](O)C[C@@H](O)CC(=O)O[C@H]1C)C[C@H](O)[C@H]2C(=O)NCCC#N. The number of amides is 1. The number of aliphatic hydroxyl groups excluding tert-OH is 9. The van der Waals surface area contributed by atoms with Crippen molar-refractivity contribution in [2.75, 3.05) is 6.54 Å². The van der Waals surface area contributed by atoms with Crippen LogP contribution >= 0.6 is 0 Å². The van der Waals surface area contributed by atoms with Gasteiger partial charge in [-0.2, -0.15) is 5.26 Å². The molecule has 0 aliphatic carbocycles. The Labute approximate surface area is 405 Å². The predicted octanol–water partition coefficient (Wildman–Crippen LogP) is 0.657. The molecule has 69 heavy (non-hydrogen) atoms. The van der Waals surface area contributed by atoms with Crippen molar-refractivity contribution >= 4 is 11.9 Å². The Morgan fingerprint density at radius 2 is 1.33 bits per heavy atom. The number of ether oxygens (including phenoxy) is 4. The first-order valence-corrected chi connectivity index (χ1v) is 23.8. The monoisotopic (exact) mass is 976 g/mol. The summed E-state index contributed by atoms with van der Waals surface area (Å²) in [6.45, 7) is 6.71. The standard InChI is InChI=1S/C50H77N3O16/c1-30-18-15-13-11-9-7-5-6-8-10-12-14-16-19-37(68-49-47(63)44(52)46(62)33(4)67-49)27-41-43(48(64)53-23-17-22-51)40(59)29-50(65,69-41)28-36(56)25-39(58)38(57)21-20-34(54)24-35(55)26-42(60)66-32(3)31(2)45(30)61/h5-16,18-19,30-41,43-47,49,54-59,61-63,65H,17,20-21,23-29,52H2,1-4H3,(H,53,64)/b6-5+,9-7+,10-8+,13-11+,14-12+,18-15+,19-16+/t30-,31-,32-,33+,34+,35+,36-,37-,38+,39+,40-,41-,43+,44-,45+,46+,47+,49-,50+/m0/s1. The highest BCUT2D eigenvalue weighted by Gasteiger charge is 2.51. The Morgan fingerprint density at radius 1 is 0.739 bits per heavy atom. The molecule has 3 aliphatic rings. The second kappa shape index (κ2) is 30.0. The molecule has 19 nitrogen and oxygen atoms in total. The maximum atomic E-state index is 13.6. The van der Waals surface area contributed by atoms with Gasteiger partial charge in [-0.1, -0.05) is 98.9 Å². The summed E-state index contributed by atoms with van der Waals surface area (Å²) in [4.78, 5) is 26.2. The Bertz CT molecular complexity index is 1820. The van der Waals surface area contributed by atoms with E-state index in [2.05, 4.69) is 5.32 Å². The molecule has 0 unspecified atom stereocenters. The molecule has 0 aromatic rings. The van der Waals surface area contributed by atoms with Gasteiger partial charge in [-0.05, 0) is 33.1 Å². The van der Waals surface area contributed by atoms with Gasteiger partial charge in [0.1, 0.15) is 12.2 Å². The second-order valence-electron chi connectivity index (χ2n) is 18.4. The van der Waals surface area contributed by atoms with Crippen molar-refractivity contribution in [3.05, 3.63) is 85.1 Å². The molecular weight excluding hydrogens is 899 g/mol. The normalized spacial score (nSPS) is 43.4. The third-order valence-electron chi connectivity index (χ3n) is 12.6. The Hall–Kier alpha value is -3.95. The van der Waals surface area contributed by atoms with Gasteiger partial charge >= 0.3 is 5.97 Å². The van der Waals surface area contributed by atoms with E-state index in [-0.39, 0.29) is 44.6 Å². The number of hydrogen-bond acceptors (Lipinski definition) is 18. The van der Waals surface area contributed by atoms with E-state index in [4.69, 9.17) is 29.9 Å². The Morgan fingerprint density at radius 3 is 1.94 bits per heavy atom. The van der Waals surface area contributed by atoms with Crippen molar-refractivity contribution in [2.45, 2.75) is 183 Å². The van der Waals surface area contributed by atoms with E-state index >= 15 is 0 Å². The molecule has 13 N–H and O–H groups in total. The van der Waals surface area contributed by atoms with Crippen molar-refractivity contribution in [1.29, 1.82) is 5.26 Å². The summed E-state index contributed by atoms with van der Waals surface area (Å²) in [5.74, 6) is -5.81. The molecular formula is C50H77N3O16. The largest absolute Gasteiger partial charge is 0.462 e. The van der Waals surface area contributed by atoms with Crippen LogP contribution in [0.1, 0.15) is 85.5 Å². The van der Waals surface area contributed by atoms with Crippen LogP contribution in [0.25, 0.3) is 0 Å². The zero-order valence-corrected chi connectivity index (χ0v) is 40.0. The topological polar surface area (TPSA) is 335 Å². The molecule has 0 aromatic heterocycles. The van der Waals surface area contributed by atoms with E-state index < -0.39 is 147 Å². The lowest BCUT2D eigenvalue weighted by Crippen LogP contribution is -2.62. The number of hydrogen-bond donors (Lipinski definition) is 12. The zero-order chi connectivity index (χ0) is 51.3. The van der Waals surface area contributed by atoms with Crippen molar-refractivity contribution in [2.24, 2.45) is 23.5 Å². The first kappa shape index (κ1) is 59.4. The van der Waals surface area contributed by atoms with Crippen LogP contribution in [0.3, 0.4) is 0 Å². The maximum absolute atomic E-state index is 13.6. The van der Waals surface area contributed by atoms with Gasteiger partial charge in [0.25, 0.3) is 0 Å². The fraction of sp³-hybridized carbons (Fsp3) is 0.660. The summed E-state index contributed by atoms with van der Waals surface area (Å²) in [5.41, 5.74) is 6.08. The number of nitrogens with two attached hydrogens (primary N) is 1. The van der Waals surface area contributed by atoms with Crippen LogP contribution in [0, 0.1) is 29.1 Å². The van der Waals surface area contributed by atoms with Crippen LogP contribution in [0.2, 0.25) is 0 Å². The molecule has 3 heterocycles. The molecule has 0 radical (unpaired) electrons. The van der Waals surface area contributed by atoms with Crippen LogP contribution < -0.4 is 11.1 Å². The number of carbonyl (C=O) groups excluding carboxylic acids is 2. The van der Waals surface area contributed by atoms with Crippen LogP contribution in [0.5, 0.6) is 0 Å². The van der Waals surface area contributed by atoms with E-state index in [1.165, 1.54) is 0 Å². The van der Waals surface area contributed by atoms with Gasteiger partial charge in [-0.3, -0.25) is 9.59 Å². The van der Waals surface area contributed by atoms with Crippen molar-refractivity contribution < 1.29 is 79.6 Å². The molecule has 3 aliphatic heterocycles. The van der Waals surface area contributed by atoms with E-state index in [1.54, 1.807) is 81.5 Å². The number of esters is 1. The molecule has 0 saturated carbocycles. The third-order valence-corrected chi connectivity index (χ3v) is 12.6. The third kappa shape index (κ3) is 20.4. The molecule has 0 spiro atoms. The molecule has 1 amide bonds. The number of fused-ring (bicyclic) bond motifs is 2. The van der Waals surface area contributed by atoms with Gasteiger partial charge in [0, 0.05) is 44.1 Å². The van der Waals surface area contributed by atoms with E-state index in [1.807, 2.05) is 37.3 Å². The lowest BCUT2D eigenvalue weighted by Gasteiger charge is -2.46. The van der Waals surface area contributed by atoms with Gasteiger partial charge in [-0.25, -0.2) is 0 Å². The van der Waals surface area contributed by atoms with Gasteiger partial charge in [0.05, 0.1) is 98.0 Å². The number of nitrogens with zero attached hydrogens (tertiary/aromatic N) is 1. The lowest BCUT2D eigenvalue weighted by atomic mass is 9.82. The molecule has 2 saturated heterocycles. The highest BCUT2D eigenvalue weighted by atomic mass is 16.7. The van der Waals surface area contributed by atoms with Gasteiger partial charge in [0.2, 0.25) is 5.91 Å². The smallest absolute Gasteiger partial charge is 0.308 e. The molecule has 0 aromatic carbocycles. The van der Waals surface area contributed by atoms with Gasteiger partial charge < -0.3 is 81.1 Å². The van der Waals surface area contributed by atoms with Crippen LogP contribution in [-0.2, 0) is 28.5 Å². The van der Waals surface area contributed by atoms with Gasteiger partial charge in [0.15, 0.2) is 12.1 Å². The van der Waals surface area contributed by atoms with Crippen LogP contribution in [0.15, 0.2) is 85.1 Å². The number of rotatable bonds is 5. The van der Waals surface area contributed by atoms with Crippen LogP contribution in [-0.4, -0.2) is 167 Å². The minimum atomic E-state index is -2.30. The first-order valence-electron chi connectivity index (χ1n) is 23.8. The fourth-order valence-corrected chi connectivity index (χ4v) is 8.35. The summed E-state index contributed by atoms with van der Waals surface area (Å²) in [6, 6.07) is 0.774. The van der Waals surface area contributed by atoms with Crippen LogP contribution in [0.4, 0.5) is 0 Å².